The van der Waals surface area contributed by atoms with Gasteiger partial charge in [0.15, 0.2) is 0 Å². The largest absolute Gasteiger partial charge is 0.372 e. The van der Waals surface area contributed by atoms with Gasteiger partial charge < -0.3 is 4.90 Å². The molecular formula is C15H17N. The highest BCUT2D eigenvalue weighted by molar-refractivity contribution is 5.72. The van der Waals surface area contributed by atoms with Crippen molar-refractivity contribution in [1.82, 2.24) is 4.90 Å². The third-order valence-electron chi connectivity index (χ3n) is 3.47. The SMILES string of the molecule is C1=C(c2ccccc2)CC=C1N1CCCC1. The van der Waals surface area contributed by atoms with Crippen molar-refractivity contribution in [1.29, 1.82) is 0 Å². The first-order chi connectivity index (χ1) is 7.93. The average Bonchev–Trinajstić information content (AvgIpc) is 3.01. The highest BCUT2D eigenvalue weighted by atomic mass is 15.1. The van der Waals surface area contributed by atoms with Gasteiger partial charge in [0.2, 0.25) is 0 Å². The van der Waals surface area contributed by atoms with E-state index in [4.69, 9.17) is 0 Å². The van der Waals surface area contributed by atoms with Crippen LogP contribution in [0, 0.1) is 0 Å². The minimum absolute atomic E-state index is 1.09. The normalized spacial score (nSPS) is 19.9. The Morgan fingerprint density at radius 1 is 0.938 bits per heavy atom. The number of nitrogens with zero attached hydrogens (tertiary/aromatic N) is 1. The quantitative estimate of drug-likeness (QED) is 0.724. The zero-order valence-corrected chi connectivity index (χ0v) is 9.52. The summed E-state index contributed by atoms with van der Waals surface area (Å²) in [4.78, 5) is 2.51. The van der Waals surface area contributed by atoms with Crippen LogP contribution in [0.4, 0.5) is 0 Å². The van der Waals surface area contributed by atoms with Crippen molar-refractivity contribution in [3.63, 3.8) is 0 Å². The van der Waals surface area contributed by atoms with E-state index in [1.165, 1.54) is 42.8 Å². The number of rotatable bonds is 2. The van der Waals surface area contributed by atoms with Gasteiger partial charge in [-0.05, 0) is 36.5 Å². The molecular weight excluding hydrogens is 194 g/mol. The first kappa shape index (κ1) is 9.71. The standard InChI is InChI=1S/C15H17N/c1-2-6-13(7-3-1)14-8-9-15(12-14)16-10-4-5-11-16/h1-3,6-7,9,12H,4-5,8,10-11H2. The number of allylic oxidation sites excluding steroid dienone is 3. The third-order valence-corrected chi connectivity index (χ3v) is 3.47. The van der Waals surface area contributed by atoms with Gasteiger partial charge in [-0.3, -0.25) is 0 Å². The van der Waals surface area contributed by atoms with Crippen LogP contribution < -0.4 is 0 Å². The Labute approximate surface area is 97.1 Å². The van der Waals surface area contributed by atoms with Gasteiger partial charge >= 0.3 is 0 Å². The highest BCUT2D eigenvalue weighted by Gasteiger charge is 2.17. The van der Waals surface area contributed by atoms with Crippen molar-refractivity contribution < 1.29 is 0 Å². The van der Waals surface area contributed by atoms with E-state index in [0.717, 1.165) is 6.42 Å². The maximum atomic E-state index is 2.51. The van der Waals surface area contributed by atoms with Crippen LogP contribution >= 0.6 is 0 Å². The first-order valence-electron chi connectivity index (χ1n) is 6.14. The predicted octanol–water partition coefficient (Wildman–Crippen LogP) is 3.45. The van der Waals surface area contributed by atoms with E-state index in [1.54, 1.807) is 0 Å². The first-order valence-corrected chi connectivity index (χ1v) is 6.14. The number of benzene rings is 1. The van der Waals surface area contributed by atoms with Crippen LogP contribution in [0.15, 0.2) is 48.2 Å². The van der Waals surface area contributed by atoms with E-state index in [-0.39, 0.29) is 0 Å². The van der Waals surface area contributed by atoms with Crippen molar-refractivity contribution >= 4 is 5.57 Å². The van der Waals surface area contributed by atoms with Crippen LogP contribution in [0.2, 0.25) is 0 Å². The van der Waals surface area contributed by atoms with E-state index in [1.807, 2.05) is 0 Å². The van der Waals surface area contributed by atoms with Gasteiger partial charge in [-0.25, -0.2) is 0 Å². The third kappa shape index (κ3) is 1.78. The molecule has 1 aromatic rings. The lowest BCUT2D eigenvalue weighted by atomic mass is 10.1. The van der Waals surface area contributed by atoms with Crippen LogP contribution in [0.25, 0.3) is 5.57 Å². The second kappa shape index (κ2) is 4.17. The molecule has 1 nitrogen and oxygen atoms in total. The van der Waals surface area contributed by atoms with Gasteiger partial charge in [0.1, 0.15) is 0 Å². The molecule has 82 valence electrons. The lowest BCUT2D eigenvalue weighted by molar-refractivity contribution is 0.441. The van der Waals surface area contributed by atoms with Gasteiger partial charge in [-0.15, -0.1) is 0 Å². The molecule has 1 heteroatoms. The van der Waals surface area contributed by atoms with E-state index in [9.17, 15) is 0 Å². The zero-order chi connectivity index (χ0) is 10.8. The van der Waals surface area contributed by atoms with Crippen LogP contribution in [-0.4, -0.2) is 18.0 Å². The fourth-order valence-electron chi connectivity index (χ4n) is 2.56. The lowest BCUT2D eigenvalue weighted by Crippen LogP contribution is -2.16. The minimum Gasteiger partial charge on any atom is -0.372 e. The molecule has 1 aliphatic carbocycles. The van der Waals surface area contributed by atoms with Crippen molar-refractivity contribution in [2.24, 2.45) is 0 Å². The summed E-state index contributed by atoms with van der Waals surface area (Å²) in [5.41, 5.74) is 4.27. The molecule has 2 aliphatic rings. The van der Waals surface area contributed by atoms with Crippen LogP contribution in [-0.2, 0) is 0 Å². The molecule has 1 aromatic carbocycles. The van der Waals surface area contributed by atoms with Gasteiger partial charge in [-0.1, -0.05) is 36.4 Å². The monoisotopic (exact) mass is 211 g/mol. The van der Waals surface area contributed by atoms with Gasteiger partial charge in [0.05, 0.1) is 0 Å². The number of hydrogen-bond acceptors (Lipinski definition) is 1. The Morgan fingerprint density at radius 2 is 1.69 bits per heavy atom. The second-order valence-corrected chi connectivity index (χ2v) is 4.56. The predicted molar refractivity (Wildman–Crippen MR) is 67.9 cm³/mol. The Morgan fingerprint density at radius 3 is 2.44 bits per heavy atom. The smallest absolute Gasteiger partial charge is 0.0332 e. The van der Waals surface area contributed by atoms with E-state index >= 15 is 0 Å². The van der Waals surface area contributed by atoms with Crippen LogP contribution in [0.5, 0.6) is 0 Å². The zero-order valence-electron chi connectivity index (χ0n) is 9.52. The van der Waals surface area contributed by atoms with Crippen molar-refractivity contribution in [2.45, 2.75) is 19.3 Å². The van der Waals surface area contributed by atoms with Gasteiger partial charge in [0, 0.05) is 18.8 Å². The average molecular weight is 211 g/mol. The summed E-state index contributed by atoms with van der Waals surface area (Å²) in [5, 5.41) is 0. The number of hydrogen-bond donors (Lipinski definition) is 0. The summed E-state index contributed by atoms with van der Waals surface area (Å²) >= 11 is 0. The van der Waals surface area contributed by atoms with E-state index in [0.29, 0.717) is 0 Å². The minimum atomic E-state index is 1.09. The summed E-state index contributed by atoms with van der Waals surface area (Å²) in [6.07, 6.45) is 8.53. The molecule has 1 fully saturated rings. The van der Waals surface area contributed by atoms with Gasteiger partial charge in [-0.2, -0.15) is 0 Å². The molecule has 3 rings (SSSR count). The lowest BCUT2D eigenvalue weighted by Gasteiger charge is -2.16. The molecule has 0 spiro atoms. The van der Waals surface area contributed by atoms with Gasteiger partial charge in [0.25, 0.3) is 0 Å². The summed E-state index contributed by atoms with van der Waals surface area (Å²) in [6.45, 7) is 2.48. The molecule has 1 saturated heterocycles. The molecule has 16 heavy (non-hydrogen) atoms. The summed E-state index contributed by atoms with van der Waals surface area (Å²) in [7, 11) is 0. The highest BCUT2D eigenvalue weighted by Crippen LogP contribution is 2.29. The molecule has 1 aliphatic heterocycles. The Hall–Kier alpha value is -1.50. The van der Waals surface area contributed by atoms with Crippen molar-refractivity contribution in [3.8, 4) is 0 Å². The molecule has 0 saturated carbocycles. The topological polar surface area (TPSA) is 3.24 Å². The number of likely N-dealkylation sites (tertiary alicyclic amines) is 1. The van der Waals surface area contributed by atoms with Crippen molar-refractivity contribution in [3.05, 3.63) is 53.7 Å². The Balaban J connectivity index is 1.79. The molecule has 0 amide bonds. The molecule has 0 unspecified atom stereocenters. The maximum absolute atomic E-state index is 2.51. The van der Waals surface area contributed by atoms with E-state index in [2.05, 4.69) is 47.4 Å². The fourth-order valence-corrected chi connectivity index (χ4v) is 2.56. The van der Waals surface area contributed by atoms with Crippen molar-refractivity contribution in [2.75, 3.05) is 13.1 Å². The summed E-state index contributed by atoms with van der Waals surface area (Å²) < 4.78 is 0. The summed E-state index contributed by atoms with van der Waals surface area (Å²) in [6, 6.07) is 10.7. The van der Waals surface area contributed by atoms with Crippen LogP contribution in [0.3, 0.4) is 0 Å². The second-order valence-electron chi connectivity index (χ2n) is 4.56. The molecule has 0 atom stereocenters. The summed E-state index contributed by atoms with van der Waals surface area (Å²) in [5.74, 6) is 0. The fraction of sp³-hybridized carbons (Fsp3) is 0.333. The molecule has 0 bridgehead atoms. The molecule has 1 heterocycles. The molecule has 0 aromatic heterocycles. The molecule has 0 N–H and O–H groups in total. The van der Waals surface area contributed by atoms with E-state index < -0.39 is 0 Å². The van der Waals surface area contributed by atoms with Crippen LogP contribution in [0.1, 0.15) is 24.8 Å². The Kier molecular flexibility index (Phi) is 2.53. The Bertz CT molecular complexity index is 422. The molecule has 0 radical (unpaired) electrons. The maximum Gasteiger partial charge on any atom is 0.0332 e.